The fourth-order valence-corrected chi connectivity index (χ4v) is 6.53. The van der Waals surface area contributed by atoms with Crippen molar-refractivity contribution in [3.63, 3.8) is 0 Å². The van der Waals surface area contributed by atoms with Crippen LogP contribution in [0.3, 0.4) is 0 Å². The minimum atomic E-state index is -4.63. The second-order valence-corrected chi connectivity index (χ2v) is 10.4. The van der Waals surface area contributed by atoms with Gasteiger partial charge in [-0.15, -0.1) is 0 Å². The Morgan fingerprint density at radius 2 is 1.82 bits per heavy atom. The topological polar surface area (TPSA) is 171 Å². The first kappa shape index (κ1) is 27.2. The molecule has 10 nitrogen and oxygen atoms in total. The van der Waals surface area contributed by atoms with Crippen LogP contribution in [0.5, 0.6) is 5.75 Å². The highest BCUT2D eigenvalue weighted by molar-refractivity contribution is 6.24. The maximum atomic E-state index is 13.9. The van der Waals surface area contributed by atoms with Gasteiger partial charge in [0.1, 0.15) is 22.8 Å². The van der Waals surface area contributed by atoms with Crippen LogP contribution >= 0.6 is 0 Å². The molecule has 5 atom stereocenters. The number of aromatic hydroxyl groups is 1. The average Bonchev–Trinajstić information content (AvgIpc) is 2.86. The summed E-state index contributed by atoms with van der Waals surface area (Å²) >= 11 is 0. The number of Topliss-reactive ketones (excluding diaryl/α,β-unsaturated/α-hetero) is 2. The van der Waals surface area contributed by atoms with Gasteiger partial charge in [0, 0.05) is 24.6 Å². The first-order chi connectivity index (χ1) is 18.2. The number of aliphatic hydroxyl groups excluding tert-OH is 2. The van der Waals surface area contributed by atoms with E-state index in [2.05, 4.69) is 0 Å². The van der Waals surface area contributed by atoms with Crippen molar-refractivity contribution in [1.29, 1.82) is 0 Å². The summed E-state index contributed by atoms with van der Waals surface area (Å²) in [4.78, 5) is 41.2. The number of halogens is 3. The van der Waals surface area contributed by atoms with E-state index in [0.29, 0.717) is 0 Å². The Bertz CT molecular complexity index is 1350. The minimum Gasteiger partial charge on any atom is -0.508 e. The number of nitrogens with two attached hydrogens (primary N) is 1. The van der Waals surface area contributed by atoms with E-state index in [-0.39, 0.29) is 55.8 Å². The van der Waals surface area contributed by atoms with E-state index in [1.54, 1.807) is 4.90 Å². The third-order valence-corrected chi connectivity index (χ3v) is 8.48. The van der Waals surface area contributed by atoms with Gasteiger partial charge < -0.3 is 30.9 Å². The van der Waals surface area contributed by atoms with E-state index < -0.39 is 81.5 Å². The van der Waals surface area contributed by atoms with Crippen molar-refractivity contribution in [3.05, 3.63) is 45.7 Å². The number of alkyl halides is 3. The van der Waals surface area contributed by atoms with Gasteiger partial charge in [-0.05, 0) is 42.9 Å². The number of carbonyl (C=O) groups excluding carboxylic acids is 3. The molecule has 39 heavy (non-hydrogen) atoms. The number of amides is 1. The molecule has 13 heteroatoms. The second-order valence-electron chi connectivity index (χ2n) is 10.4. The zero-order valence-corrected chi connectivity index (χ0v) is 20.8. The fourth-order valence-electron chi connectivity index (χ4n) is 6.53. The number of phenolic OH excluding ortho intramolecular Hbond substituents is 1. The number of morpholine rings is 1. The molecule has 1 aromatic carbocycles. The Labute approximate surface area is 220 Å². The van der Waals surface area contributed by atoms with Crippen molar-refractivity contribution < 1.29 is 52.7 Å². The van der Waals surface area contributed by atoms with Gasteiger partial charge in [-0.25, -0.2) is 0 Å². The molecule has 0 spiro atoms. The normalized spacial score (nSPS) is 30.5. The van der Waals surface area contributed by atoms with Gasteiger partial charge in [0.2, 0.25) is 5.78 Å². The van der Waals surface area contributed by atoms with Crippen LogP contribution in [0, 0.1) is 11.8 Å². The van der Waals surface area contributed by atoms with E-state index in [4.69, 9.17) is 10.5 Å². The highest BCUT2D eigenvalue weighted by atomic mass is 19.4. The number of hydrogen-bond acceptors (Lipinski definition) is 9. The summed E-state index contributed by atoms with van der Waals surface area (Å²) in [5.41, 5.74) is 0.601. The molecular weight excluding hydrogens is 525 g/mol. The molecule has 1 saturated carbocycles. The van der Waals surface area contributed by atoms with Gasteiger partial charge in [0.25, 0.3) is 5.91 Å². The van der Waals surface area contributed by atoms with Crippen LogP contribution in [-0.2, 0) is 25.5 Å². The molecule has 1 heterocycles. The standard InChI is InChI=1S/C26H27F3N2O8/c1-10(26(27,28)29)12-2-3-15(32)17-13(12)8-11-9-14-19(31-4-6-39-7-5-31)21(34)18(24(30)37)23(36)25(14,38)22(35)16(11)20(17)33/h2-3,10-11,14,19,32-33,36,38H,4-9H2,1H3,(H2,30,37)/t10-,11+,14+,19-,25+/m1/s1. The first-order valence-electron chi connectivity index (χ1n) is 12.4. The number of hydrogen-bond donors (Lipinski definition) is 5. The molecule has 5 rings (SSSR count). The van der Waals surface area contributed by atoms with Crippen LogP contribution in [0.2, 0.25) is 0 Å². The number of phenols is 1. The lowest BCUT2D eigenvalue weighted by Crippen LogP contribution is -2.67. The van der Waals surface area contributed by atoms with E-state index in [1.807, 2.05) is 0 Å². The third-order valence-electron chi connectivity index (χ3n) is 8.48. The molecule has 0 unspecified atom stereocenters. The van der Waals surface area contributed by atoms with Gasteiger partial charge in [0.15, 0.2) is 11.4 Å². The number of nitrogens with zero attached hydrogens (tertiary/aromatic N) is 1. The van der Waals surface area contributed by atoms with Crippen molar-refractivity contribution in [2.45, 2.75) is 43.5 Å². The van der Waals surface area contributed by atoms with E-state index >= 15 is 0 Å². The average molecular weight is 553 g/mol. The maximum absolute atomic E-state index is 13.9. The number of benzene rings is 1. The van der Waals surface area contributed by atoms with Crippen LogP contribution in [0.25, 0.3) is 5.76 Å². The SMILES string of the molecule is C[C@H](c1ccc(O)c2c1C[C@H]1C[C@H]3[C@@H](N4CCOCC4)C(=O)C(C(N)=O)=C(O)[C@@]3(O)C(=O)C1=C2O)C(F)(F)F. The highest BCUT2D eigenvalue weighted by Crippen LogP contribution is 2.54. The summed E-state index contributed by atoms with van der Waals surface area (Å²) in [5, 5.41) is 44.4. The lowest BCUT2D eigenvalue weighted by Gasteiger charge is -2.51. The van der Waals surface area contributed by atoms with Crippen LogP contribution in [0.1, 0.15) is 36.0 Å². The predicted molar refractivity (Wildman–Crippen MR) is 127 cm³/mol. The Balaban J connectivity index is 1.71. The van der Waals surface area contributed by atoms with Gasteiger partial charge in [-0.2, -0.15) is 13.2 Å². The molecule has 210 valence electrons. The Hall–Kier alpha value is -3.42. The second kappa shape index (κ2) is 9.07. The molecule has 1 amide bonds. The molecule has 0 bridgehead atoms. The summed E-state index contributed by atoms with van der Waals surface area (Å²) in [5.74, 6) is -10.3. The summed E-state index contributed by atoms with van der Waals surface area (Å²) in [6.45, 7) is 1.77. The Morgan fingerprint density at radius 3 is 2.41 bits per heavy atom. The van der Waals surface area contributed by atoms with Gasteiger partial charge in [-0.1, -0.05) is 6.07 Å². The lowest BCUT2D eigenvalue weighted by atomic mass is 9.57. The first-order valence-corrected chi connectivity index (χ1v) is 12.4. The molecule has 0 radical (unpaired) electrons. The quantitative estimate of drug-likeness (QED) is 0.348. The van der Waals surface area contributed by atoms with Crippen molar-refractivity contribution in [1.82, 2.24) is 4.90 Å². The van der Waals surface area contributed by atoms with E-state index in [0.717, 1.165) is 19.1 Å². The predicted octanol–water partition coefficient (Wildman–Crippen LogP) is 1.40. The summed E-state index contributed by atoms with van der Waals surface area (Å²) < 4.78 is 46.3. The smallest absolute Gasteiger partial charge is 0.395 e. The van der Waals surface area contributed by atoms with Gasteiger partial charge in [-0.3, -0.25) is 19.3 Å². The summed E-state index contributed by atoms with van der Waals surface area (Å²) in [7, 11) is 0. The van der Waals surface area contributed by atoms with Gasteiger partial charge in [0.05, 0.1) is 30.7 Å². The molecule has 1 aliphatic heterocycles. The van der Waals surface area contributed by atoms with Crippen LogP contribution in [0.4, 0.5) is 13.2 Å². The Kier molecular flexibility index (Phi) is 6.31. The van der Waals surface area contributed by atoms with Crippen molar-refractivity contribution in [3.8, 4) is 5.75 Å². The zero-order chi connectivity index (χ0) is 28.6. The lowest BCUT2D eigenvalue weighted by molar-refractivity contribution is -0.157. The molecular formula is C26H27F3N2O8. The number of carbonyl (C=O) groups is 3. The number of fused-ring (bicyclic) bond motifs is 3. The number of ether oxygens (including phenoxy) is 1. The number of rotatable bonds is 3. The fraction of sp³-hybridized carbons (Fsp3) is 0.500. The van der Waals surface area contributed by atoms with E-state index in [1.165, 1.54) is 0 Å². The molecule has 6 N–H and O–H groups in total. The van der Waals surface area contributed by atoms with E-state index in [9.17, 15) is 48.0 Å². The number of ketones is 2. The molecule has 0 aromatic heterocycles. The minimum absolute atomic E-state index is 0.00744. The zero-order valence-electron chi connectivity index (χ0n) is 20.8. The third kappa shape index (κ3) is 3.85. The van der Waals surface area contributed by atoms with Crippen LogP contribution < -0.4 is 5.73 Å². The molecule has 2 fully saturated rings. The summed E-state index contributed by atoms with van der Waals surface area (Å²) in [6.07, 6.45) is -5.05. The van der Waals surface area contributed by atoms with Crippen LogP contribution in [0.15, 0.2) is 29.0 Å². The molecule has 3 aliphatic carbocycles. The molecule has 1 saturated heterocycles. The number of primary amides is 1. The number of aliphatic hydroxyl groups is 3. The van der Waals surface area contributed by atoms with Crippen molar-refractivity contribution in [2.24, 2.45) is 17.6 Å². The molecule has 4 aliphatic rings. The largest absolute Gasteiger partial charge is 0.508 e. The summed E-state index contributed by atoms with van der Waals surface area (Å²) in [6, 6.07) is 0.818. The van der Waals surface area contributed by atoms with Crippen LogP contribution in [-0.4, -0.2) is 86.9 Å². The van der Waals surface area contributed by atoms with Gasteiger partial charge >= 0.3 is 6.18 Å². The maximum Gasteiger partial charge on any atom is 0.395 e. The van der Waals surface area contributed by atoms with Crippen molar-refractivity contribution in [2.75, 3.05) is 26.3 Å². The Morgan fingerprint density at radius 1 is 1.18 bits per heavy atom. The monoisotopic (exact) mass is 552 g/mol. The molecule has 1 aromatic rings. The van der Waals surface area contributed by atoms with Crippen molar-refractivity contribution >= 4 is 23.2 Å². The highest BCUT2D eigenvalue weighted by Gasteiger charge is 2.64.